The Bertz CT molecular complexity index is 1170. The summed E-state index contributed by atoms with van der Waals surface area (Å²) in [6, 6.07) is 10.7. The van der Waals surface area contributed by atoms with Crippen LogP contribution >= 0.6 is 0 Å². The third-order valence-electron chi connectivity index (χ3n) is 5.09. The van der Waals surface area contributed by atoms with Gasteiger partial charge in [-0.25, -0.2) is 9.59 Å². The van der Waals surface area contributed by atoms with Gasteiger partial charge in [0.1, 0.15) is 0 Å². The van der Waals surface area contributed by atoms with E-state index in [1.54, 1.807) is 49.4 Å². The Labute approximate surface area is 178 Å². The van der Waals surface area contributed by atoms with Crippen molar-refractivity contribution >= 4 is 22.8 Å². The Hall–Kier alpha value is -3.81. The van der Waals surface area contributed by atoms with Gasteiger partial charge >= 0.3 is 11.6 Å². The number of carbonyl (C=O) groups is 2. The smallest absolute Gasteiger partial charge is 0.339 e. The zero-order chi connectivity index (χ0) is 22.5. The highest BCUT2D eigenvalue weighted by Gasteiger charge is 2.23. The number of hydrogen-bond acceptors (Lipinski definition) is 6. The largest absolute Gasteiger partial charge is 0.493 e. The number of carboxylic acids is 1. The fourth-order valence-corrected chi connectivity index (χ4v) is 3.46. The van der Waals surface area contributed by atoms with Gasteiger partial charge in [-0.2, -0.15) is 0 Å². The van der Waals surface area contributed by atoms with E-state index in [1.807, 2.05) is 0 Å². The molecule has 1 aromatic heterocycles. The van der Waals surface area contributed by atoms with Crippen molar-refractivity contribution in [1.29, 1.82) is 0 Å². The Balaban J connectivity index is 1.83. The molecule has 0 bridgehead atoms. The van der Waals surface area contributed by atoms with Crippen molar-refractivity contribution in [3.63, 3.8) is 0 Å². The van der Waals surface area contributed by atoms with E-state index in [-0.39, 0.29) is 18.4 Å². The van der Waals surface area contributed by atoms with E-state index in [4.69, 9.17) is 13.9 Å². The van der Waals surface area contributed by atoms with E-state index in [2.05, 4.69) is 5.32 Å². The fraction of sp³-hybridized carbons (Fsp3) is 0.261. The van der Waals surface area contributed by atoms with Crippen LogP contribution in [-0.2, 0) is 16.0 Å². The number of rotatable bonds is 8. The second-order valence-electron chi connectivity index (χ2n) is 6.92. The van der Waals surface area contributed by atoms with Crippen LogP contribution < -0.4 is 20.4 Å². The van der Waals surface area contributed by atoms with Crippen LogP contribution in [0.4, 0.5) is 0 Å². The maximum Gasteiger partial charge on any atom is 0.339 e. The lowest BCUT2D eigenvalue weighted by Gasteiger charge is -2.15. The van der Waals surface area contributed by atoms with Gasteiger partial charge in [0.15, 0.2) is 17.4 Å². The predicted molar refractivity (Wildman–Crippen MR) is 114 cm³/mol. The van der Waals surface area contributed by atoms with Crippen molar-refractivity contribution in [1.82, 2.24) is 5.32 Å². The first-order valence-electron chi connectivity index (χ1n) is 9.61. The second kappa shape index (κ2) is 9.34. The van der Waals surface area contributed by atoms with Crippen molar-refractivity contribution in [2.24, 2.45) is 0 Å². The summed E-state index contributed by atoms with van der Waals surface area (Å²) < 4.78 is 16.0. The minimum Gasteiger partial charge on any atom is -0.493 e. The highest BCUT2D eigenvalue weighted by molar-refractivity contribution is 5.89. The summed E-state index contributed by atoms with van der Waals surface area (Å²) >= 11 is 0. The lowest BCUT2D eigenvalue weighted by molar-refractivity contribution is -0.142. The highest BCUT2D eigenvalue weighted by Crippen LogP contribution is 2.36. The fourth-order valence-electron chi connectivity index (χ4n) is 3.46. The molecule has 1 heterocycles. The van der Waals surface area contributed by atoms with Gasteiger partial charge in [-0.1, -0.05) is 30.3 Å². The molecule has 8 nitrogen and oxygen atoms in total. The van der Waals surface area contributed by atoms with Crippen LogP contribution in [0.1, 0.15) is 29.2 Å². The van der Waals surface area contributed by atoms with Crippen LogP contribution in [0, 0.1) is 6.92 Å². The summed E-state index contributed by atoms with van der Waals surface area (Å²) in [7, 11) is 2.94. The Morgan fingerprint density at radius 2 is 1.81 bits per heavy atom. The number of methoxy groups -OCH3 is 2. The number of aliphatic carboxylic acids is 1. The van der Waals surface area contributed by atoms with E-state index >= 15 is 0 Å². The molecule has 3 aromatic rings. The summed E-state index contributed by atoms with van der Waals surface area (Å²) in [6.45, 7) is 1.77. The molecule has 162 valence electrons. The van der Waals surface area contributed by atoms with Crippen molar-refractivity contribution in [2.45, 2.75) is 25.8 Å². The standard InChI is InChI=1S/C23H23NO7/c1-13-15-9-11-17(29-2)21(30-3)20(15)31-23(28)16(13)10-12-18(25)24-19(22(26)27)14-7-5-4-6-8-14/h4-9,11,19H,10,12H2,1-3H3,(H,24,25)(H,26,27)/t19-/m1/s1. The first kappa shape index (κ1) is 21.9. The SMILES string of the molecule is COc1ccc2c(C)c(CCC(=O)N[C@@H](C(=O)O)c3ccccc3)c(=O)oc2c1OC. The number of amides is 1. The molecule has 0 aliphatic rings. The molecule has 1 atom stereocenters. The number of ether oxygens (including phenoxy) is 2. The first-order valence-corrected chi connectivity index (χ1v) is 9.61. The van der Waals surface area contributed by atoms with E-state index in [0.29, 0.717) is 33.6 Å². The Morgan fingerprint density at radius 1 is 1.10 bits per heavy atom. The van der Waals surface area contributed by atoms with Gasteiger partial charge in [-0.15, -0.1) is 0 Å². The summed E-state index contributed by atoms with van der Waals surface area (Å²) in [6.07, 6.45) is 0.0342. The maximum absolute atomic E-state index is 12.6. The summed E-state index contributed by atoms with van der Waals surface area (Å²) in [5.41, 5.74) is 1.17. The van der Waals surface area contributed by atoms with Gasteiger partial charge in [-0.05, 0) is 36.6 Å². The van der Waals surface area contributed by atoms with Gasteiger partial charge in [0.05, 0.1) is 14.2 Å². The molecule has 31 heavy (non-hydrogen) atoms. The van der Waals surface area contributed by atoms with Crippen LogP contribution in [0.2, 0.25) is 0 Å². The molecule has 0 saturated carbocycles. The monoisotopic (exact) mass is 425 g/mol. The van der Waals surface area contributed by atoms with Crippen LogP contribution in [-0.4, -0.2) is 31.2 Å². The summed E-state index contributed by atoms with van der Waals surface area (Å²) in [5, 5.41) is 12.6. The second-order valence-corrected chi connectivity index (χ2v) is 6.92. The Kier molecular flexibility index (Phi) is 6.59. The van der Waals surface area contributed by atoms with E-state index in [0.717, 1.165) is 0 Å². The molecule has 3 rings (SSSR count). The van der Waals surface area contributed by atoms with E-state index in [1.165, 1.54) is 14.2 Å². The molecular formula is C23H23NO7. The zero-order valence-corrected chi connectivity index (χ0v) is 17.4. The molecule has 2 N–H and O–H groups in total. The average molecular weight is 425 g/mol. The third-order valence-corrected chi connectivity index (χ3v) is 5.09. The lowest BCUT2D eigenvalue weighted by atomic mass is 10.0. The van der Waals surface area contributed by atoms with Crippen LogP contribution in [0.15, 0.2) is 51.7 Å². The highest BCUT2D eigenvalue weighted by atomic mass is 16.5. The van der Waals surface area contributed by atoms with Gasteiger partial charge in [0.25, 0.3) is 0 Å². The minimum atomic E-state index is -1.17. The topological polar surface area (TPSA) is 115 Å². The van der Waals surface area contributed by atoms with Crippen molar-refractivity contribution in [2.75, 3.05) is 14.2 Å². The van der Waals surface area contributed by atoms with E-state index < -0.39 is 23.5 Å². The van der Waals surface area contributed by atoms with Crippen LogP contribution in [0.25, 0.3) is 11.0 Å². The Morgan fingerprint density at radius 3 is 2.42 bits per heavy atom. The predicted octanol–water partition coefficient (Wildman–Crippen LogP) is 2.99. The van der Waals surface area contributed by atoms with Gasteiger partial charge in [0.2, 0.25) is 11.7 Å². The average Bonchev–Trinajstić information content (AvgIpc) is 2.76. The summed E-state index contributed by atoms with van der Waals surface area (Å²) in [4.78, 5) is 36.6. The zero-order valence-electron chi connectivity index (χ0n) is 17.4. The number of hydrogen-bond donors (Lipinski definition) is 2. The number of carbonyl (C=O) groups excluding carboxylic acids is 1. The molecule has 0 unspecified atom stereocenters. The van der Waals surface area contributed by atoms with Gasteiger partial charge in [-0.3, -0.25) is 4.79 Å². The number of fused-ring (bicyclic) bond motifs is 1. The summed E-state index contributed by atoms with van der Waals surface area (Å²) in [5.74, 6) is -0.897. The van der Waals surface area contributed by atoms with Gasteiger partial charge in [0, 0.05) is 17.4 Å². The molecule has 0 saturated heterocycles. The van der Waals surface area contributed by atoms with Crippen molar-refractivity contribution in [3.8, 4) is 11.5 Å². The molecule has 0 fully saturated rings. The number of benzene rings is 2. The first-order chi connectivity index (χ1) is 14.9. The van der Waals surface area contributed by atoms with Crippen LogP contribution in [0.3, 0.4) is 0 Å². The number of nitrogens with one attached hydrogen (secondary N) is 1. The van der Waals surface area contributed by atoms with Crippen molar-refractivity contribution in [3.05, 3.63) is 69.6 Å². The third kappa shape index (κ3) is 4.53. The van der Waals surface area contributed by atoms with Crippen LogP contribution in [0.5, 0.6) is 11.5 Å². The molecule has 0 spiro atoms. The maximum atomic E-state index is 12.6. The molecule has 8 heteroatoms. The van der Waals surface area contributed by atoms with Crippen molar-refractivity contribution < 1.29 is 28.6 Å². The van der Waals surface area contributed by atoms with E-state index in [9.17, 15) is 19.5 Å². The molecule has 0 aliphatic heterocycles. The molecule has 1 amide bonds. The number of aryl methyl sites for hydroxylation is 1. The quantitative estimate of drug-likeness (QED) is 0.533. The number of carboxylic acid groups (broad SMARTS) is 1. The molecule has 0 aliphatic carbocycles. The molecular weight excluding hydrogens is 402 g/mol. The molecule has 2 aromatic carbocycles. The minimum absolute atomic E-state index is 0.0684. The normalized spacial score (nSPS) is 11.7. The molecule has 0 radical (unpaired) electrons. The lowest BCUT2D eigenvalue weighted by Crippen LogP contribution is -2.34. The van der Waals surface area contributed by atoms with Gasteiger partial charge < -0.3 is 24.3 Å².